The first-order valence-corrected chi connectivity index (χ1v) is 5.44. The van der Waals surface area contributed by atoms with Crippen LogP contribution in [-0.2, 0) is 9.53 Å². The molecule has 5 nitrogen and oxygen atoms in total. The van der Waals surface area contributed by atoms with Crippen LogP contribution in [0.4, 0.5) is 0 Å². The number of carbonyl (C=O) groups excluding carboxylic acids is 1. The summed E-state index contributed by atoms with van der Waals surface area (Å²) < 4.78 is 5.04. The lowest BCUT2D eigenvalue weighted by Gasteiger charge is -2.10. The van der Waals surface area contributed by atoms with E-state index >= 15 is 0 Å². The maximum absolute atomic E-state index is 11.3. The third-order valence-corrected chi connectivity index (χ3v) is 1.94. The van der Waals surface area contributed by atoms with Gasteiger partial charge in [-0.1, -0.05) is 13.3 Å². The summed E-state index contributed by atoms with van der Waals surface area (Å²) in [7, 11) is 0. The lowest BCUT2D eigenvalue weighted by Crippen LogP contribution is -2.40. The van der Waals surface area contributed by atoms with Crippen molar-refractivity contribution >= 4 is 5.91 Å². The van der Waals surface area contributed by atoms with Crippen LogP contribution in [0.3, 0.4) is 0 Å². The molecule has 0 aromatic heterocycles. The summed E-state index contributed by atoms with van der Waals surface area (Å²) >= 11 is 0. The molecule has 0 aromatic rings. The fraction of sp³-hybridized carbons (Fsp3) is 0.900. The number of amides is 1. The van der Waals surface area contributed by atoms with Crippen LogP contribution in [0.2, 0.25) is 0 Å². The predicted molar refractivity (Wildman–Crippen MR) is 58.4 cm³/mol. The molecule has 0 aromatic carbocycles. The average molecular weight is 218 g/mol. The molecule has 0 saturated heterocycles. The summed E-state index contributed by atoms with van der Waals surface area (Å²) in [6, 6.07) is -0.395. The summed E-state index contributed by atoms with van der Waals surface area (Å²) in [4.78, 5) is 11.3. The lowest BCUT2D eigenvalue weighted by atomic mass is 10.2. The Hall–Kier alpha value is -0.650. The Morgan fingerprint density at radius 1 is 1.53 bits per heavy atom. The quantitative estimate of drug-likeness (QED) is 0.461. The standard InChI is InChI=1S/C10H22N2O3/c1-2-4-9(11)10(14)12-5-3-7-15-8-6-13/h9,13H,2-8,11H2,1H3,(H,12,14)/t9-/m0/s1. The second kappa shape index (κ2) is 9.89. The van der Waals surface area contributed by atoms with Gasteiger partial charge in [-0.15, -0.1) is 0 Å². The second-order valence-corrected chi connectivity index (χ2v) is 3.38. The Kier molecular flexibility index (Phi) is 9.46. The molecule has 0 bridgehead atoms. The van der Waals surface area contributed by atoms with E-state index in [0.717, 1.165) is 12.8 Å². The minimum absolute atomic E-state index is 0.0354. The molecular formula is C10H22N2O3. The molecular weight excluding hydrogens is 196 g/mol. The Bertz CT molecular complexity index is 165. The van der Waals surface area contributed by atoms with Gasteiger partial charge in [-0.3, -0.25) is 4.79 Å². The van der Waals surface area contributed by atoms with E-state index in [1.807, 2.05) is 6.92 Å². The van der Waals surface area contributed by atoms with E-state index in [1.54, 1.807) is 0 Å². The van der Waals surface area contributed by atoms with Gasteiger partial charge in [0.05, 0.1) is 19.3 Å². The van der Waals surface area contributed by atoms with Gasteiger partial charge in [-0.2, -0.15) is 0 Å². The topological polar surface area (TPSA) is 84.6 Å². The zero-order chi connectivity index (χ0) is 11.5. The third-order valence-electron chi connectivity index (χ3n) is 1.94. The molecule has 0 radical (unpaired) electrons. The molecule has 0 spiro atoms. The Morgan fingerprint density at radius 3 is 2.87 bits per heavy atom. The molecule has 5 heteroatoms. The van der Waals surface area contributed by atoms with Gasteiger partial charge in [0.2, 0.25) is 5.91 Å². The fourth-order valence-electron chi connectivity index (χ4n) is 1.13. The number of hydrogen-bond donors (Lipinski definition) is 3. The molecule has 1 atom stereocenters. The molecule has 4 N–H and O–H groups in total. The number of rotatable bonds is 9. The van der Waals surface area contributed by atoms with Gasteiger partial charge < -0.3 is 20.9 Å². The predicted octanol–water partition coefficient (Wildman–Crippen LogP) is -0.371. The van der Waals surface area contributed by atoms with Gasteiger partial charge in [0.15, 0.2) is 0 Å². The van der Waals surface area contributed by atoms with E-state index in [0.29, 0.717) is 26.2 Å². The molecule has 0 unspecified atom stereocenters. The Morgan fingerprint density at radius 2 is 2.27 bits per heavy atom. The van der Waals surface area contributed by atoms with Crippen molar-refractivity contribution in [3.05, 3.63) is 0 Å². The summed E-state index contributed by atoms with van der Waals surface area (Å²) in [5, 5.41) is 11.2. The van der Waals surface area contributed by atoms with Crippen LogP contribution in [0.5, 0.6) is 0 Å². The number of hydrogen-bond acceptors (Lipinski definition) is 4. The van der Waals surface area contributed by atoms with Crippen molar-refractivity contribution < 1.29 is 14.6 Å². The summed E-state index contributed by atoms with van der Waals surface area (Å²) in [6.07, 6.45) is 2.37. The highest BCUT2D eigenvalue weighted by molar-refractivity contribution is 5.81. The van der Waals surface area contributed by atoms with Gasteiger partial charge in [0, 0.05) is 13.2 Å². The number of nitrogens with two attached hydrogens (primary N) is 1. The maximum Gasteiger partial charge on any atom is 0.236 e. The molecule has 0 aliphatic carbocycles. The van der Waals surface area contributed by atoms with Crippen molar-refractivity contribution in [3.8, 4) is 0 Å². The van der Waals surface area contributed by atoms with Crippen LogP contribution >= 0.6 is 0 Å². The molecule has 0 aliphatic rings. The van der Waals surface area contributed by atoms with Crippen molar-refractivity contribution in [2.75, 3.05) is 26.4 Å². The first-order valence-electron chi connectivity index (χ1n) is 5.44. The number of aliphatic hydroxyl groups excluding tert-OH is 1. The van der Waals surface area contributed by atoms with Gasteiger partial charge >= 0.3 is 0 Å². The van der Waals surface area contributed by atoms with Crippen LogP contribution in [0, 0.1) is 0 Å². The van der Waals surface area contributed by atoms with E-state index in [4.69, 9.17) is 15.6 Å². The van der Waals surface area contributed by atoms with E-state index in [9.17, 15) is 4.79 Å². The Balaban J connectivity index is 3.30. The van der Waals surface area contributed by atoms with Crippen LogP contribution < -0.4 is 11.1 Å². The van der Waals surface area contributed by atoms with E-state index < -0.39 is 6.04 Å². The molecule has 0 heterocycles. The summed E-state index contributed by atoms with van der Waals surface area (Å²) in [6.45, 7) is 3.50. The zero-order valence-corrected chi connectivity index (χ0v) is 9.37. The van der Waals surface area contributed by atoms with Crippen molar-refractivity contribution in [2.24, 2.45) is 5.73 Å². The summed E-state index contributed by atoms with van der Waals surface area (Å²) in [5.41, 5.74) is 5.61. The second-order valence-electron chi connectivity index (χ2n) is 3.38. The minimum atomic E-state index is -0.395. The molecule has 15 heavy (non-hydrogen) atoms. The first kappa shape index (κ1) is 14.3. The molecule has 0 rings (SSSR count). The number of aliphatic hydroxyl groups is 1. The molecule has 0 aliphatic heterocycles. The van der Waals surface area contributed by atoms with Crippen molar-refractivity contribution in [1.29, 1.82) is 0 Å². The first-order chi connectivity index (χ1) is 7.22. The number of ether oxygens (including phenoxy) is 1. The normalized spacial score (nSPS) is 12.5. The van der Waals surface area contributed by atoms with E-state index in [1.165, 1.54) is 0 Å². The number of nitrogens with one attached hydrogen (secondary N) is 1. The minimum Gasteiger partial charge on any atom is -0.394 e. The largest absolute Gasteiger partial charge is 0.394 e. The molecule has 1 amide bonds. The third kappa shape index (κ3) is 8.35. The molecule has 0 saturated carbocycles. The van der Waals surface area contributed by atoms with E-state index in [-0.39, 0.29) is 12.5 Å². The van der Waals surface area contributed by atoms with Gasteiger partial charge in [-0.25, -0.2) is 0 Å². The molecule has 90 valence electrons. The van der Waals surface area contributed by atoms with Crippen LogP contribution in [0.25, 0.3) is 0 Å². The Labute approximate surface area is 91.0 Å². The zero-order valence-electron chi connectivity index (χ0n) is 9.37. The monoisotopic (exact) mass is 218 g/mol. The van der Waals surface area contributed by atoms with Crippen molar-refractivity contribution in [3.63, 3.8) is 0 Å². The fourth-order valence-corrected chi connectivity index (χ4v) is 1.13. The van der Waals surface area contributed by atoms with Gasteiger partial charge in [0.1, 0.15) is 0 Å². The molecule has 0 fully saturated rings. The summed E-state index contributed by atoms with van der Waals surface area (Å²) in [5.74, 6) is -0.0981. The van der Waals surface area contributed by atoms with E-state index in [2.05, 4.69) is 5.32 Å². The average Bonchev–Trinajstić information content (AvgIpc) is 2.23. The highest BCUT2D eigenvalue weighted by atomic mass is 16.5. The SMILES string of the molecule is CCC[C@H](N)C(=O)NCCCOCCO. The highest BCUT2D eigenvalue weighted by Crippen LogP contribution is 1.92. The lowest BCUT2D eigenvalue weighted by molar-refractivity contribution is -0.122. The van der Waals surface area contributed by atoms with Crippen molar-refractivity contribution in [1.82, 2.24) is 5.32 Å². The maximum atomic E-state index is 11.3. The van der Waals surface area contributed by atoms with Crippen molar-refractivity contribution in [2.45, 2.75) is 32.2 Å². The van der Waals surface area contributed by atoms with Crippen LogP contribution in [0.1, 0.15) is 26.2 Å². The van der Waals surface area contributed by atoms with Crippen LogP contribution in [-0.4, -0.2) is 43.4 Å². The van der Waals surface area contributed by atoms with Crippen LogP contribution in [0.15, 0.2) is 0 Å². The smallest absolute Gasteiger partial charge is 0.236 e. The van der Waals surface area contributed by atoms with Gasteiger partial charge in [0.25, 0.3) is 0 Å². The number of carbonyl (C=O) groups is 1. The highest BCUT2D eigenvalue weighted by Gasteiger charge is 2.10. The van der Waals surface area contributed by atoms with Gasteiger partial charge in [-0.05, 0) is 12.8 Å².